The van der Waals surface area contributed by atoms with Gasteiger partial charge >= 0.3 is 0 Å². The second-order valence-electron chi connectivity index (χ2n) is 12.1. The van der Waals surface area contributed by atoms with E-state index >= 15 is 0 Å². The van der Waals surface area contributed by atoms with Crippen molar-refractivity contribution < 1.29 is 18.9 Å². The standard InChI is InChI=1S/C23H25NO2.C13H13NO.C9H12BrNO/c1-4-26-17(2)23-13-10-19(16-24-23)14-18-8-11-20(12-9-18)21-6-5-7-22(15-21)25-3;1-15-13-4-2-3-11(9-13)10-5-7-12(14)8-6-10;1-3-12-7(2)9-5-4-8(10)6-11-9/h5-13,15-17H,4,14H2,1-3H3;2-9H,14H2,1H3;4-7H,3H2,1-2H3. The number of methoxy groups -OCH3 is 2. The van der Waals surface area contributed by atoms with Crippen LogP contribution in [-0.2, 0) is 15.9 Å². The average molecular weight is 777 g/mol. The van der Waals surface area contributed by atoms with Crippen LogP contribution in [0.15, 0.2) is 138 Å². The van der Waals surface area contributed by atoms with Crippen LogP contribution >= 0.6 is 15.9 Å². The lowest BCUT2D eigenvalue weighted by Gasteiger charge is -2.11. The Kier molecular flexibility index (Phi) is 16.5. The lowest BCUT2D eigenvalue weighted by Crippen LogP contribution is -2.02. The molecule has 0 radical (unpaired) electrons. The van der Waals surface area contributed by atoms with E-state index in [9.17, 15) is 0 Å². The molecule has 2 heterocycles. The van der Waals surface area contributed by atoms with E-state index in [0.717, 1.165) is 62.8 Å². The fourth-order valence-electron chi connectivity index (χ4n) is 5.41. The van der Waals surface area contributed by atoms with Crippen molar-refractivity contribution in [3.05, 3.63) is 161 Å². The molecule has 0 amide bonds. The number of halogens is 1. The zero-order chi connectivity index (χ0) is 38.0. The third-order valence-corrected chi connectivity index (χ3v) is 8.81. The molecule has 2 N–H and O–H groups in total. The first-order valence-electron chi connectivity index (χ1n) is 17.8. The van der Waals surface area contributed by atoms with Crippen molar-refractivity contribution in [2.45, 2.75) is 46.3 Å². The van der Waals surface area contributed by atoms with E-state index in [-0.39, 0.29) is 12.2 Å². The number of pyridine rings is 2. The van der Waals surface area contributed by atoms with Gasteiger partial charge in [-0.05, 0) is 138 Å². The molecule has 276 valence electrons. The number of ether oxygens (including phenoxy) is 4. The Labute approximate surface area is 323 Å². The normalized spacial score (nSPS) is 11.6. The number of hydrogen-bond acceptors (Lipinski definition) is 7. The number of nitrogens with zero attached hydrogens (tertiary/aromatic N) is 2. The Morgan fingerprint density at radius 1 is 0.566 bits per heavy atom. The van der Waals surface area contributed by atoms with Crippen molar-refractivity contribution >= 4 is 21.6 Å². The predicted molar refractivity (Wildman–Crippen MR) is 220 cm³/mol. The number of nitrogen functional groups attached to an aromatic ring is 1. The molecular formula is C45H50BrN3O4. The van der Waals surface area contributed by atoms with E-state index in [4.69, 9.17) is 24.7 Å². The second kappa shape index (κ2) is 21.5. The van der Waals surface area contributed by atoms with E-state index in [1.54, 1.807) is 20.4 Å². The Bertz CT molecular complexity index is 1930. The summed E-state index contributed by atoms with van der Waals surface area (Å²) in [6.07, 6.45) is 4.72. The number of anilines is 1. The van der Waals surface area contributed by atoms with E-state index in [2.05, 4.69) is 74.4 Å². The smallest absolute Gasteiger partial charge is 0.119 e. The molecule has 7 nitrogen and oxygen atoms in total. The van der Waals surface area contributed by atoms with Gasteiger partial charge in [-0.2, -0.15) is 0 Å². The summed E-state index contributed by atoms with van der Waals surface area (Å²) in [6.45, 7) is 9.43. The molecule has 6 rings (SSSR count). The Balaban J connectivity index is 0.000000196. The van der Waals surface area contributed by atoms with Crippen LogP contribution in [0.2, 0.25) is 0 Å². The summed E-state index contributed by atoms with van der Waals surface area (Å²) < 4.78 is 22.5. The Morgan fingerprint density at radius 2 is 1.04 bits per heavy atom. The summed E-state index contributed by atoms with van der Waals surface area (Å²) in [4.78, 5) is 8.76. The van der Waals surface area contributed by atoms with Crippen molar-refractivity contribution in [2.24, 2.45) is 0 Å². The van der Waals surface area contributed by atoms with Crippen molar-refractivity contribution in [1.29, 1.82) is 0 Å². The predicted octanol–water partition coefficient (Wildman–Crippen LogP) is 11.3. The molecule has 8 heteroatoms. The van der Waals surface area contributed by atoms with Gasteiger partial charge in [0, 0.05) is 35.8 Å². The second-order valence-corrected chi connectivity index (χ2v) is 13.1. The van der Waals surface area contributed by atoms with E-state index in [1.165, 1.54) is 16.7 Å². The quantitative estimate of drug-likeness (QED) is 0.124. The summed E-state index contributed by atoms with van der Waals surface area (Å²) in [5, 5.41) is 0. The van der Waals surface area contributed by atoms with Crippen LogP contribution in [0.3, 0.4) is 0 Å². The minimum Gasteiger partial charge on any atom is -0.497 e. The number of hydrogen-bond donors (Lipinski definition) is 1. The van der Waals surface area contributed by atoms with Gasteiger partial charge in [-0.1, -0.05) is 66.7 Å². The highest BCUT2D eigenvalue weighted by Crippen LogP contribution is 2.26. The maximum atomic E-state index is 5.64. The zero-order valence-electron chi connectivity index (χ0n) is 31.5. The molecule has 0 bridgehead atoms. The SMILES string of the molecule is CCOC(C)c1ccc(Br)cn1.CCOC(C)c1ccc(Cc2ccc(-c3cccc(OC)c3)cc2)cn1.COc1cccc(-c2ccc(N)cc2)c1. The highest BCUT2D eigenvalue weighted by atomic mass is 79.9. The average Bonchev–Trinajstić information content (AvgIpc) is 3.20. The Hall–Kier alpha value is -5.02. The number of aromatic nitrogens is 2. The lowest BCUT2D eigenvalue weighted by atomic mass is 10.0. The monoisotopic (exact) mass is 775 g/mol. The minimum absolute atomic E-state index is 0.0381. The molecule has 0 fully saturated rings. The van der Waals surface area contributed by atoms with Crippen molar-refractivity contribution in [3.63, 3.8) is 0 Å². The topological polar surface area (TPSA) is 88.7 Å². The van der Waals surface area contributed by atoms with E-state index in [0.29, 0.717) is 6.61 Å². The van der Waals surface area contributed by atoms with Crippen LogP contribution in [0.1, 0.15) is 62.4 Å². The number of rotatable bonds is 12. The highest BCUT2D eigenvalue weighted by molar-refractivity contribution is 9.10. The molecule has 53 heavy (non-hydrogen) atoms. The lowest BCUT2D eigenvalue weighted by molar-refractivity contribution is 0.0732. The van der Waals surface area contributed by atoms with Gasteiger partial charge in [0.25, 0.3) is 0 Å². The minimum atomic E-state index is 0.0381. The molecule has 0 aliphatic heterocycles. The zero-order valence-corrected chi connectivity index (χ0v) is 33.0. The fraction of sp³-hybridized carbons (Fsp3) is 0.244. The third-order valence-electron chi connectivity index (χ3n) is 8.34. The van der Waals surface area contributed by atoms with Crippen molar-refractivity contribution in [1.82, 2.24) is 9.97 Å². The van der Waals surface area contributed by atoms with Gasteiger partial charge in [-0.15, -0.1) is 0 Å². The summed E-state index contributed by atoms with van der Waals surface area (Å²) in [7, 11) is 3.36. The maximum Gasteiger partial charge on any atom is 0.119 e. The third kappa shape index (κ3) is 13.2. The summed E-state index contributed by atoms with van der Waals surface area (Å²) in [6, 6.07) is 40.7. The van der Waals surface area contributed by atoms with Gasteiger partial charge in [0.05, 0.1) is 37.8 Å². The molecule has 6 aromatic rings. The summed E-state index contributed by atoms with van der Waals surface area (Å²) >= 11 is 3.33. The molecule has 0 spiro atoms. The molecule has 0 aliphatic carbocycles. The van der Waals surface area contributed by atoms with Gasteiger partial charge < -0.3 is 24.7 Å². The first-order valence-corrected chi connectivity index (χ1v) is 18.5. The first kappa shape index (κ1) is 40.7. The number of benzene rings is 4. The van der Waals surface area contributed by atoms with Crippen LogP contribution < -0.4 is 15.2 Å². The molecule has 2 aromatic heterocycles. The van der Waals surface area contributed by atoms with Gasteiger partial charge in [0.15, 0.2) is 0 Å². The van der Waals surface area contributed by atoms with Crippen molar-refractivity contribution in [3.8, 4) is 33.8 Å². The molecule has 2 unspecified atom stereocenters. The van der Waals surface area contributed by atoms with Crippen LogP contribution in [0, 0.1) is 0 Å². The highest BCUT2D eigenvalue weighted by Gasteiger charge is 2.08. The van der Waals surface area contributed by atoms with Gasteiger partial charge in [0.2, 0.25) is 0 Å². The molecular weight excluding hydrogens is 726 g/mol. The number of nitrogens with two attached hydrogens (primary N) is 1. The fourth-order valence-corrected chi connectivity index (χ4v) is 5.65. The van der Waals surface area contributed by atoms with Gasteiger partial charge in [-0.25, -0.2) is 0 Å². The van der Waals surface area contributed by atoms with Crippen LogP contribution in [-0.4, -0.2) is 37.4 Å². The molecule has 0 saturated carbocycles. The van der Waals surface area contributed by atoms with E-state index in [1.807, 2.05) is 107 Å². The molecule has 4 aromatic carbocycles. The first-order chi connectivity index (χ1) is 25.7. The summed E-state index contributed by atoms with van der Waals surface area (Å²) in [5.41, 5.74) is 15.5. The van der Waals surface area contributed by atoms with E-state index < -0.39 is 0 Å². The van der Waals surface area contributed by atoms with Gasteiger partial charge in [0.1, 0.15) is 11.5 Å². The van der Waals surface area contributed by atoms with Gasteiger partial charge in [-0.3, -0.25) is 9.97 Å². The molecule has 0 saturated heterocycles. The molecule has 2 atom stereocenters. The van der Waals surface area contributed by atoms with Crippen molar-refractivity contribution in [2.75, 3.05) is 33.2 Å². The van der Waals surface area contributed by atoms with Crippen LogP contribution in [0.4, 0.5) is 5.69 Å². The largest absolute Gasteiger partial charge is 0.497 e. The Morgan fingerprint density at radius 3 is 1.47 bits per heavy atom. The molecule has 0 aliphatic rings. The van der Waals surface area contributed by atoms with Crippen LogP contribution in [0.5, 0.6) is 11.5 Å². The maximum absolute atomic E-state index is 5.64. The summed E-state index contributed by atoms with van der Waals surface area (Å²) in [5.74, 6) is 1.74. The van der Waals surface area contributed by atoms with Crippen LogP contribution in [0.25, 0.3) is 22.3 Å².